The predicted molar refractivity (Wildman–Crippen MR) is 79.0 cm³/mol. The van der Waals surface area contributed by atoms with Crippen molar-refractivity contribution in [1.82, 2.24) is 5.32 Å². The van der Waals surface area contributed by atoms with Crippen molar-refractivity contribution in [2.24, 2.45) is 0 Å². The molecule has 0 spiro atoms. The monoisotopic (exact) mass is 269 g/mol. The molecule has 0 rings (SSSR count). The van der Waals surface area contributed by atoms with Crippen LogP contribution in [-0.4, -0.2) is 44.1 Å². The van der Waals surface area contributed by atoms with E-state index in [1.807, 2.05) is 19.9 Å². The third-order valence-electron chi connectivity index (χ3n) is 2.36. The van der Waals surface area contributed by atoms with Gasteiger partial charge in [0, 0.05) is 19.7 Å². The van der Waals surface area contributed by atoms with Crippen molar-refractivity contribution < 1.29 is 14.6 Å². The lowest BCUT2D eigenvalue weighted by Crippen LogP contribution is -2.34. The van der Waals surface area contributed by atoms with Crippen LogP contribution in [0.4, 0.5) is 0 Å². The molecule has 1 unspecified atom stereocenters. The summed E-state index contributed by atoms with van der Waals surface area (Å²) in [4.78, 5) is 0. The summed E-state index contributed by atoms with van der Waals surface area (Å²) in [5.41, 5.74) is 0.952. The number of methoxy groups -OCH3 is 1. The summed E-state index contributed by atoms with van der Waals surface area (Å²) < 4.78 is 10.3. The molecule has 4 heteroatoms. The quantitative estimate of drug-likeness (QED) is 0.445. The molecule has 0 aromatic heterocycles. The minimum Gasteiger partial charge on any atom is -0.491 e. The van der Waals surface area contributed by atoms with Crippen molar-refractivity contribution in [3.05, 3.63) is 36.6 Å². The molecule has 0 aliphatic rings. The smallest absolute Gasteiger partial charge is 0.115 e. The van der Waals surface area contributed by atoms with Gasteiger partial charge in [0.05, 0.1) is 6.61 Å². The van der Waals surface area contributed by atoms with E-state index in [9.17, 15) is 5.11 Å². The Morgan fingerprint density at radius 2 is 2.00 bits per heavy atom. The van der Waals surface area contributed by atoms with E-state index in [-0.39, 0.29) is 6.61 Å². The number of hydrogen-bond acceptors (Lipinski definition) is 4. The maximum absolute atomic E-state index is 9.65. The summed E-state index contributed by atoms with van der Waals surface area (Å²) in [6.45, 7) is 13.1. The Morgan fingerprint density at radius 1 is 1.32 bits per heavy atom. The Labute approximate surface area is 116 Å². The zero-order chi connectivity index (χ0) is 14.7. The van der Waals surface area contributed by atoms with Crippen LogP contribution in [-0.2, 0) is 9.47 Å². The van der Waals surface area contributed by atoms with Crippen LogP contribution in [0.2, 0.25) is 0 Å². The fourth-order valence-electron chi connectivity index (χ4n) is 1.21. The van der Waals surface area contributed by atoms with Gasteiger partial charge in [-0.3, -0.25) is 0 Å². The Kier molecular flexibility index (Phi) is 10.2. The summed E-state index contributed by atoms with van der Waals surface area (Å²) >= 11 is 0. The van der Waals surface area contributed by atoms with Crippen LogP contribution in [0, 0.1) is 0 Å². The standard InChI is InChI=1S/C15H27NO3/c1-12(2)16-10-15(17)11-19-14(4)7-6-13(3)8-9-18-5/h6-7,12,15-17H,3-4,8-11H2,1-2,5H3/b7-6-. The van der Waals surface area contributed by atoms with Crippen LogP contribution in [0.3, 0.4) is 0 Å². The maximum atomic E-state index is 9.65. The Hall–Kier alpha value is -1.10. The third-order valence-corrected chi connectivity index (χ3v) is 2.36. The number of rotatable bonds is 11. The molecular weight excluding hydrogens is 242 g/mol. The Bertz CT molecular complexity index is 298. The van der Waals surface area contributed by atoms with Gasteiger partial charge in [0.2, 0.25) is 0 Å². The second-order valence-corrected chi connectivity index (χ2v) is 4.73. The van der Waals surface area contributed by atoms with Gasteiger partial charge in [0.15, 0.2) is 0 Å². The van der Waals surface area contributed by atoms with Crippen LogP contribution >= 0.6 is 0 Å². The second-order valence-electron chi connectivity index (χ2n) is 4.73. The van der Waals surface area contributed by atoms with E-state index in [1.165, 1.54) is 0 Å². The molecule has 0 aromatic carbocycles. The lowest BCUT2D eigenvalue weighted by molar-refractivity contribution is 0.0745. The van der Waals surface area contributed by atoms with Crippen molar-refractivity contribution in [2.45, 2.75) is 32.4 Å². The minimum atomic E-state index is -0.538. The molecule has 0 heterocycles. The van der Waals surface area contributed by atoms with Gasteiger partial charge >= 0.3 is 0 Å². The van der Waals surface area contributed by atoms with Crippen LogP contribution < -0.4 is 5.32 Å². The SMILES string of the molecule is C=C(/C=C\C(=C)OCC(O)CNC(C)C)CCOC. The number of aliphatic hydroxyl groups excluding tert-OH is 1. The van der Waals surface area contributed by atoms with Gasteiger partial charge in [0.25, 0.3) is 0 Å². The molecule has 1 atom stereocenters. The summed E-state index contributed by atoms with van der Waals surface area (Å²) in [5.74, 6) is 0.516. The molecule has 0 bridgehead atoms. The Morgan fingerprint density at radius 3 is 2.58 bits per heavy atom. The molecule has 0 amide bonds. The number of allylic oxidation sites excluding steroid dienone is 2. The molecule has 0 saturated heterocycles. The third kappa shape index (κ3) is 11.7. The molecule has 4 nitrogen and oxygen atoms in total. The molecular formula is C15H27NO3. The van der Waals surface area contributed by atoms with Crippen molar-refractivity contribution in [1.29, 1.82) is 0 Å². The normalized spacial score (nSPS) is 12.9. The molecule has 19 heavy (non-hydrogen) atoms. The minimum absolute atomic E-state index is 0.230. The Balaban J connectivity index is 3.79. The zero-order valence-electron chi connectivity index (χ0n) is 12.3. The fraction of sp³-hybridized carbons (Fsp3) is 0.600. The molecule has 2 N–H and O–H groups in total. The van der Waals surface area contributed by atoms with E-state index in [2.05, 4.69) is 18.5 Å². The largest absolute Gasteiger partial charge is 0.491 e. The van der Waals surface area contributed by atoms with Crippen molar-refractivity contribution in [2.75, 3.05) is 26.9 Å². The summed E-state index contributed by atoms with van der Waals surface area (Å²) in [7, 11) is 1.66. The van der Waals surface area contributed by atoms with Gasteiger partial charge in [-0.15, -0.1) is 0 Å². The highest BCUT2D eigenvalue weighted by molar-refractivity contribution is 5.21. The fourth-order valence-corrected chi connectivity index (χ4v) is 1.21. The topological polar surface area (TPSA) is 50.7 Å². The molecule has 0 aromatic rings. The predicted octanol–water partition coefficient (Wildman–Crippen LogP) is 2.02. The average Bonchev–Trinajstić information content (AvgIpc) is 2.37. The van der Waals surface area contributed by atoms with Crippen molar-refractivity contribution >= 4 is 0 Å². The molecule has 0 aliphatic carbocycles. The van der Waals surface area contributed by atoms with E-state index >= 15 is 0 Å². The lowest BCUT2D eigenvalue weighted by atomic mass is 10.2. The van der Waals surface area contributed by atoms with Gasteiger partial charge < -0.3 is 19.9 Å². The lowest BCUT2D eigenvalue weighted by Gasteiger charge is -2.15. The first kappa shape index (κ1) is 17.9. The first-order chi connectivity index (χ1) is 8.95. The second kappa shape index (κ2) is 10.8. The van der Waals surface area contributed by atoms with Crippen LogP contribution in [0.5, 0.6) is 0 Å². The summed E-state index contributed by atoms with van der Waals surface area (Å²) in [6, 6.07) is 0.349. The van der Waals surface area contributed by atoms with E-state index in [4.69, 9.17) is 9.47 Å². The number of nitrogens with one attached hydrogen (secondary N) is 1. The summed E-state index contributed by atoms with van der Waals surface area (Å²) in [5, 5.41) is 12.8. The molecule has 0 aliphatic heterocycles. The molecule has 0 saturated carbocycles. The van der Waals surface area contributed by atoms with Crippen molar-refractivity contribution in [3.63, 3.8) is 0 Å². The van der Waals surface area contributed by atoms with Crippen LogP contribution in [0.15, 0.2) is 36.6 Å². The van der Waals surface area contributed by atoms with Gasteiger partial charge in [-0.2, -0.15) is 0 Å². The van der Waals surface area contributed by atoms with E-state index in [0.29, 0.717) is 25.0 Å². The molecule has 0 fully saturated rings. The van der Waals surface area contributed by atoms with Gasteiger partial charge in [0.1, 0.15) is 18.5 Å². The van der Waals surface area contributed by atoms with Crippen LogP contribution in [0.25, 0.3) is 0 Å². The maximum Gasteiger partial charge on any atom is 0.115 e. The summed E-state index contributed by atoms with van der Waals surface area (Å²) in [6.07, 6.45) is 3.84. The van der Waals surface area contributed by atoms with E-state index < -0.39 is 6.10 Å². The first-order valence-corrected chi connectivity index (χ1v) is 6.53. The van der Waals surface area contributed by atoms with Crippen molar-refractivity contribution in [3.8, 4) is 0 Å². The highest BCUT2D eigenvalue weighted by atomic mass is 16.5. The zero-order valence-corrected chi connectivity index (χ0v) is 12.3. The van der Waals surface area contributed by atoms with Crippen LogP contribution in [0.1, 0.15) is 20.3 Å². The van der Waals surface area contributed by atoms with Gasteiger partial charge in [-0.05, 0) is 12.5 Å². The number of aliphatic hydroxyl groups is 1. The highest BCUT2D eigenvalue weighted by Gasteiger charge is 2.05. The van der Waals surface area contributed by atoms with E-state index in [1.54, 1.807) is 13.2 Å². The number of hydrogen-bond donors (Lipinski definition) is 2. The molecule has 0 radical (unpaired) electrons. The van der Waals surface area contributed by atoms with Gasteiger partial charge in [-0.25, -0.2) is 0 Å². The first-order valence-electron chi connectivity index (χ1n) is 6.53. The molecule has 110 valence electrons. The average molecular weight is 269 g/mol. The highest BCUT2D eigenvalue weighted by Crippen LogP contribution is 2.04. The number of ether oxygens (including phenoxy) is 2. The van der Waals surface area contributed by atoms with E-state index in [0.717, 1.165) is 12.0 Å². The van der Waals surface area contributed by atoms with Gasteiger partial charge in [-0.1, -0.05) is 38.7 Å².